The Morgan fingerprint density at radius 3 is 1.27 bits per heavy atom. The maximum absolute atomic E-state index is 10.5. The van der Waals surface area contributed by atoms with Gasteiger partial charge in [-0.15, -0.1) is 0 Å². The second-order valence-corrected chi connectivity index (χ2v) is 6.05. The molecule has 88 valence electrons. The molecule has 0 aliphatic heterocycles. The molecule has 0 aliphatic rings. The Bertz CT molecular complexity index is 310. The van der Waals surface area contributed by atoms with Gasteiger partial charge in [0.25, 0.3) is 20.2 Å². The van der Waals surface area contributed by atoms with Crippen LogP contribution in [0.4, 0.5) is 0 Å². The van der Waals surface area contributed by atoms with E-state index in [1.54, 1.807) is 0 Å². The molecular formula is C6H14CaO6S2. The zero-order chi connectivity index (χ0) is 11.2. The van der Waals surface area contributed by atoms with E-state index in [4.69, 9.17) is 0 Å². The van der Waals surface area contributed by atoms with Crippen LogP contribution >= 0.6 is 0 Å². The van der Waals surface area contributed by atoms with E-state index in [9.17, 15) is 16.8 Å². The van der Waals surface area contributed by atoms with Gasteiger partial charge in [-0.2, -0.15) is 16.8 Å². The Kier molecular flexibility index (Phi) is 10.1. The van der Waals surface area contributed by atoms with E-state index in [2.05, 4.69) is 8.37 Å². The molecule has 9 heteroatoms. The van der Waals surface area contributed by atoms with Gasteiger partial charge < -0.3 is 0 Å². The van der Waals surface area contributed by atoms with Crippen molar-refractivity contribution in [3.63, 3.8) is 0 Å². The van der Waals surface area contributed by atoms with Crippen molar-refractivity contribution in [2.45, 2.75) is 12.8 Å². The van der Waals surface area contributed by atoms with Gasteiger partial charge in [0, 0.05) is 37.7 Å². The van der Waals surface area contributed by atoms with Crippen LogP contribution in [0.1, 0.15) is 12.8 Å². The maximum atomic E-state index is 10.5. The second-order valence-electron chi connectivity index (χ2n) is 2.76. The first-order chi connectivity index (χ1) is 6.21. The average Bonchev–Trinajstić information content (AvgIpc) is 1.92. The normalized spacial score (nSPS) is 12.1. The Morgan fingerprint density at radius 2 is 1.07 bits per heavy atom. The maximum Gasteiger partial charge on any atom is 0.264 e. The summed E-state index contributed by atoms with van der Waals surface area (Å²) in [4.78, 5) is 0. The topological polar surface area (TPSA) is 86.7 Å². The van der Waals surface area contributed by atoms with Crippen LogP contribution in [0.5, 0.6) is 0 Å². The molecule has 0 aliphatic carbocycles. The fourth-order valence-electron chi connectivity index (χ4n) is 0.625. The quantitative estimate of drug-likeness (QED) is 0.351. The van der Waals surface area contributed by atoms with Crippen molar-refractivity contribution in [1.29, 1.82) is 0 Å². The van der Waals surface area contributed by atoms with Gasteiger partial charge in [0.1, 0.15) is 0 Å². The summed E-state index contributed by atoms with van der Waals surface area (Å²) >= 11 is 0. The van der Waals surface area contributed by atoms with E-state index in [0.29, 0.717) is 12.8 Å². The molecule has 0 fully saturated rings. The number of hydrogen-bond acceptors (Lipinski definition) is 6. The molecule has 0 aromatic carbocycles. The minimum atomic E-state index is -3.40. The summed E-state index contributed by atoms with van der Waals surface area (Å²) in [6, 6.07) is 0. The molecule has 0 amide bonds. The van der Waals surface area contributed by atoms with Crippen molar-refractivity contribution in [2.24, 2.45) is 0 Å². The number of unbranched alkanes of at least 4 members (excludes halogenated alkanes) is 1. The fraction of sp³-hybridized carbons (Fsp3) is 1.00. The molecule has 0 saturated carbocycles. The van der Waals surface area contributed by atoms with Gasteiger partial charge in [0.2, 0.25) is 0 Å². The van der Waals surface area contributed by atoms with Crippen LogP contribution in [0.15, 0.2) is 0 Å². The first kappa shape index (κ1) is 18.4. The minimum absolute atomic E-state index is 0. The number of rotatable bonds is 7. The molecule has 0 unspecified atom stereocenters. The summed E-state index contributed by atoms with van der Waals surface area (Å²) in [6.07, 6.45) is 2.78. The summed E-state index contributed by atoms with van der Waals surface area (Å²) in [6.45, 7) is 0.0951. The van der Waals surface area contributed by atoms with Crippen LogP contribution < -0.4 is 0 Å². The van der Waals surface area contributed by atoms with Gasteiger partial charge in [0.15, 0.2) is 0 Å². The van der Waals surface area contributed by atoms with Crippen molar-refractivity contribution in [1.82, 2.24) is 0 Å². The molecular weight excluding hydrogens is 272 g/mol. The number of hydrogen-bond donors (Lipinski definition) is 0. The summed E-state index contributed by atoms with van der Waals surface area (Å²) < 4.78 is 50.8. The molecule has 0 bridgehead atoms. The first-order valence-corrected chi connectivity index (χ1v) is 7.53. The van der Waals surface area contributed by atoms with Gasteiger partial charge in [0.05, 0.1) is 25.7 Å². The van der Waals surface area contributed by atoms with Crippen molar-refractivity contribution in [3.05, 3.63) is 0 Å². The Hall–Kier alpha value is 1.08. The Labute approximate surface area is 121 Å². The predicted molar refractivity (Wildman–Crippen MR) is 56.6 cm³/mol. The molecule has 0 atom stereocenters. The molecule has 0 aromatic heterocycles. The molecule has 0 N–H and O–H groups in total. The molecule has 0 rings (SSSR count). The van der Waals surface area contributed by atoms with Gasteiger partial charge in [-0.25, -0.2) is 0 Å². The molecule has 0 heterocycles. The van der Waals surface area contributed by atoms with E-state index < -0.39 is 20.2 Å². The van der Waals surface area contributed by atoms with E-state index in [1.807, 2.05) is 0 Å². The van der Waals surface area contributed by atoms with Crippen LogP contribution in [-0.2, 0) is 28.6 Å². The average molecular weight is 286 g/mol. The van der Waals surface area contributed by atoms with Crippen molar-refractivity contribution in [3.8, 4) is 0 Å². The minimum Gasteiger partial charge on any atom is -0.270 e. The summed E-state index contributed by atoms with van der Waals surface area (Å²) in [5.74, 6) is 0. The Balaban J connectivity index is 0. The van der Waals surface area contributed by atoms with Gasteiger partial charge in [-0.1, -0.05) is 0 Å². The SMILES string of the molecule is CS(=O)(=O)OCCCCOS(C)(=O)=O.[Ca]. The van der Waals surface area contributed by atoms with Crippen molar-refractivity contribution >= 4 is 58.0 Å². The standard InChI is InChI=1S/C6H14O6S2.Ca/c1-13(7,8)11-5-3-4-6-12-14(2,9)10;/h3-6H2,1-2H3;. The van der Waals surface area contributed by atoms with Crippen LogP contribution in [-0.4, -0.2) is 80.3 Å². The van der Waals surface area contributed by atoms with E-state index in [1.165, 1.54) is 0 Å². The summed E-state index contributed by atoms with van der Waals surface area (Å²) in [5.41, 5.74) is 0. The third-order valence-electron chi connectivity index (χ3n) is 1.13. The molecule has 15 heavy (non-hydrogen) atoms. The zero-order valence-corrected chi connectivity index (χ0v) is 12.6. The fourth-order valence-corrected chi connectivity index (χ4v) is 1.47. The Morgan fingerprint density at radius 1 is 0.800 bits per heavy atom. The molecule has 0 aromatic rings. The smallest absolute Gasteiger partial charge is 0.264 e. The third-order valence-corrected chi connectivity index (χ3v) is 2.32. The van der Waals surface area contributed by atoms with Crippen molar-refractivity contribution in [2.75, 3.05) is 25.7 Å². The molecule has 6 nitrogen and oxygen atoms in total. The third kappa shape index (κ3) is 17.7. The summed E-state index contributed by atoms with van der Waals surface area (Å²) in [5, 5.41) is 0. The largest absolute Gasteiger partial charge is 0.270 e. The zero-order valence-electron chi connectivity index (χ0n) is 8.80. The van der Waals surface area contributed by atoms with Crippen LogP contribution in [0.25, 0.3) is 0 Å². The van der Waals surface area contributed by atoms with Gasteiger partial charge in [-0.05, 0) is 12.8 Å². The predicted octanol–water partition coefficient (Wildman–Crippen LogP) is -0.662. The van der Waals surface area contributed by atoms with Crippen LogP contribution in [0, 0.1) is 0 Å². The van der Waals surface area contributed by atoms with Gasteiger partial charge >= 0.3 is 0 Å². The second kappa shape index (κ2) is 8.21. The van der Waals surface area contributed by atoms with Crippen LogP contribution in [0.3, 0.4) is 0 Å². The first-order valence-electron chi connectivity index (χ1n) is 3.89. The molecule has 0 spiro atoms. The van der Waals surface area contributed by atoms with Crippen molar-refractivity contribution < 1.29 is 25.2 Å². The molecule has 2 radical (unpaired) electrons. The monoisotopic (exact) mass is 286 g/mol. The van der Waals surface area contributed by atoms with Crippen LogP contribution in [0.2, 0.25) is 0 Å². The van der Waals surface area contributed by atoms with E-state index >= 15 is 0 Å². The van der Waals surface area contributed by atoms with E-state index in [0.717, 1.165) is 12.5 Å². The van der Waals surface area contributed by atoms with Gasteiger partial charge in [-0.3, -0.25) is 8.37 Å². The summed E-state index contributed by atoms with van der Waals surface area (Å²) in [7, 11) is -6.80. The van der Waals surface area contributed by atoms with E-state index in [-0.39, 0.29) is 51.0 Å². The molecule has 0 saturated heterocycles.